The van der Waals surface area contributed by atoms with Gasteiger partial charge in [-0.15, -0.1) is 0 Å². The van der Waals surface area contributed by atoms with Crippen LogP contribution < -0.4 is 10.0 Å². The second-order valence-corrected chi connectivity index (χ2v) is 7.52. The molecule has 0 radical (unpaired) electrons. The number of aromatic amines is 1. The first-order chi connectivity index (χ1) is 9.97. The number of H-pyrrole nitrogens is 1. The van der Waals surface area contributed by atoms with Gasteiger partial charge >= 0.3 is 0 Å². The quantitative estimate of drug-likeness (QED) is 0.707. The number of aromatic nitrogens is 2. The topological polar surface area (TPSA) is 96.1 Å². The van der Waals surface area contributed by atoms with Gasteiger partial charge in [0.2, 0.25) is 10.0 Å². The van der Waals surface area contributed by atoms with Gasteiger partial charge in [-0.1, -0.05) is 0 Å². The summed E-state index contributed by atoms with van der Waals surface area (Å²) in [6.45, 7) is 4.69. The summed E-state index contributed by atoms with van der Waals surface area (Å²) in [5.74, 6) is 0. The maximum Gasteiger partial charge on any atom is 0.244 e. The van der Waals surface area contributed by atoms with Gasteiger partial charge in [0.15, 0.2) is 0 Å². The van der Waals surface area contributed by atoms with Crippen molar-refractivity contribution in [2.24, 2.45) is 0 Å². The fourth-order valence-electron chi connectivity index (χ4n) is 2.62. The van der Waals surface area contributed by atoms with E-state index in [9.17, 15) is 8.42 Å². The monoisotopic (exact) mass is 314 g/mol. The van der Waals surface area contributed by atoms with Crippen LogP contribution in [0.2, 0.25) is 0 Å². The first kappa shape index (κ1) is 15.0. The number of ether oxygens (including phenoxy) is 1. The Hall–Kier alpha value is -0.960. The van der Waals surface area contributed by atoms with Gasteiger partial charge in [0.05, 0.1) is 23.5 Å². The van der Waals surface area contributed by atoms with Crippen molar-refractivity contribution < 1.29 is 13.2 Å². The van der Waals surface area contributed by atoms with Crippen molar-refractivity contribution in [1.29, 1.82) is 0 Å². The maximum atomic E-state index is 12.6. The summed E-state index contributed by atoms with van der Waals surface area (Å²) in [5, 5.41) is 10.2. The van der Waals surface area contributed by atoms with Crippen molar-refractivity contribution in [3.8, 4) is 0 Å². The van der Waals surface area contributed by atoms with Crippen LogP contribution in [0.15, 0.2) is 4.90 Å². The smallest absolute Gasteiger partial charge is 0.244 e. The third-order valence-corrected chi connectivity index (χ3v) is 5.74. The van der Waals surface area contributed by atoms with Crippen LogP contribution in [-0.4, -0.2) is 43.4 Å². The Morgan fingerprint density at radius 1 is 1.38 bits per heavy atom. The summed E-state index contributed by atoms with van der Waals surface area (Å²) in [6, 6.07) is 0.335. The number of hydrogen-bond acceptors (Lipinski definition) is 5. The largest absolute Gasteiger partial charge is 0.377 e. The highest BCUT2D eigenvalue weighted by molar-refractivity contribution is 7.89. The molecule has 1 aromatic rings. The van der Waals surface area contributed by atoms with E-state index < -0.39 is 10.0 Å². The highest BCUT2D eigenvalue weighted by Crippen LogP contribution is 2.23. The molecular weight excluding hydrogens is 292 g/mol. The summed E-state index contributed by atoms with van der Waals surface area (Å²) in [6.07, 6.45) is 2.91. The second kappa shape index (κ2) is 5.68. The molecule has 1 saturated carbocycles. The highest BCUT2D eigenvalue weighted by Gasteiger charge is 2.32. The molecular formula is C13H22N4O3S. The Bertz CT molecular complexity index is 609. The Labute approximate surface area is 124 Å². The van der Waals surface area contributed by atoms with Crippen molar-refractivity contribution in [3.63, 3.8) is 0 Å². The molecule has 2 atom stereocenters. The third-order valence-electron chi connectivity index (χ3n) is 4.05. The van der Waals surface area contributed by atoms with Crippen LogP contribution >= 0.6 is 0 Å². The Kier molecular flexibility index (Phi) is 4.04. The van der Waals surface area contributed by atoms with Crippen LogP contribution in [0, 0.1) is 6.92 Å². The average Bonchev–Trinajstić information content (AvgIpc) is 3.06. The molecule has 3 rings (SSSR count). The molecule has 1 saturated heterocycles. The Morgan fingerprint density at radius 3 is 2.76 bits per heavy atom. The standard InChI is InChI=1S/C13H22N4O3S/c1-8-13(12(16-15-8)7-14-10-3-4-10)21(18,19)17-11-5-6-20-9(11)2/h9-11,14,17H,3-7H2,1-2H3,(H,15,16). The molecule has 0 bridgehead atoms. The zero-order valence-corrected chi connectivity index (χ0v) is 13.2. The van der Waals surface area contributed by atoms with E-state index in [1.807, 2.05) is 6.92 Å². The summed E-state index contributed by atoms with van der Waals surface area (Å²) in [5.41, 5.74) is 1.13. The number of nitrogens with zero attached hydrogens (tertiary/aromatic N) is 1. The average molecular weight is 314 g/mol. The van der Waals surface area contributed by atoms with Crippen LogP contribution in [0.1, 0.15) is 37.6 Å². The van der Waals surface area contributed by atoms with Crippen LogP contribution in [0.5, 0.6) is 0 Å². The Morgan fingerprint density at radius 2 is 2.14 bits per heavy atom. The van der Waals surface area contributed by atoms with Gasteiger partial charge in [-0.25, -0.2) is 13.1 Å². The first-order valence-corrected chi connectivity index (χ1v) is 8.87. The summed E-state index contributed by atoms with van der Waals surface area (Å²) < 4.78 is 33.4. The van der Waals surface area contributed by atoms with Gasteiger partial charge in [0, 0.05) is 19.2 Å². The lowest BCUT2D eigenvalue weighted by Gasteiger charge is -2.16. The number of sulfonamides is 1. The maximum absolute atomic E-state index is 12.6. The van der Waals surface area contributed by atoms with Crippen molar-refractivity contribution in [2.45, 2.75) is 62.7 Å². The molecule has 1 aliphatic heterocycles. The van der Waals surface area contributed by atoms with Crippen LogP contribution in [0.25, 0.3) is 0 Å². The van der Waals surface area contributed by atoms with E-state index in [4.69, 9.17) is 4.74 Å². The minimum absolute atomic E-state index is 0.0972. The normalized spacial score (nSPS) is 26.4. The fourth-order valence-corrected chi connectivity index (χ4v) is 4.32. The number of aryl methyl sites for hydroxylation is 1. The van der Waals surface area contributed by atoms with Crippen molar-refractivity contribution >= 4 is 10.0 Å². The second-order valence-electron chi connectivity index (χ2n) is 5.87. The zero-order valence-electron chi connectivity index (χ0n) is 12.3. The lowest BCUT2D eigenvalue weighted by Crippen LogP contribution is -2.39. The molecule has 2 aliphatic rings. The van der Waals surface area contributed by atoms with Crippen molar-refractivity contribution in [3.05, 3.63) is 11.4 Å². The van der Waals surface area contributed by atoms with E-state index in [2.05, 4.69) is 20.2 Å². The summed E-state index contributed by atoms with van der Waals surface area (Å²) in [4.78, 5) is 0.273. The van der Waals surface area contributed by atoms with E-state index in [-0.39, 0.29) is 17.0 Å². The van der Waals surface area contributed by atoms with Gasteiger partial charge in [-0.05, 0) is 33.1 Å². The van der Waals surface area contributed by atoms with Gasteiger partial charge in [-0.3, -0.25) is 5.10 Å². The zero-order chi connectivity index (χ0) is 15.0. The molecule has 2 heterocycles. The molecule has 0 aromatic carbocycles. The lowest BCUT2D eigenvalue weighted by molar-refractivity contribution is 0.117. The molecule has 0 spiro atoms. The van der Waals surface area contributed by atoms with E-state index >= 15 is 0 Å². The van der Waals surface area contributed by atoms with E-state index in [0.717, 1.165) is 12.8 Å². The molecule has 21 heavy (non-hydrogen) atoms. The number of rotatable bonds is 6. The highest BCUT2D eigenvalue weighted by atomic mass is 32.2. The predicted molar refractivity (Wildman–Crippen MR) is 77.3 cm³/mol. The molecule has 2 unspecified atom stereocenters. The predicted octanol–water partition coefficient (Wildman–Crippen LogP) is 0.426. The molecule has 2 fully saturated rings. The van der Waals surface area contributed by atoms with Gasteiger partial charge in [-0.2, -0.15) is 5.10 Å². The third kappa shape index (κ3) is 3.28. The fraction of sp³-hybridized carbons (Fsp3) is 0.769. The van der Waals surface area contributed by atoms with Gasteiger partial charge < -0.3 is 10.1 Å². The number of hydrogen-bond donors (Lipinski definition) is 3. The molecule has 7 nitrogen and oxygen atoms in total. The molecule has 8 heteroatoms. The first-order valence-electron chi connectivity index (χ1n) is 7.38. The molecule has 118 valence electrons. The summed E-state index contributed by atoms with van der Waals surface area (Å²) in [7, 11) is -3.59. The van der Waals surface area contributed by atoms with Crippen molar-refractivity contribution in [2.75, 3.05) is 6.61 Å². The molecule has 1 aromatic heterocycles. The molecule has 3 N–H and O–H groups in total. The van der Waals surface area contributed by atoms with Gasteiger partial charge in [0.1, 0.15) is 4.90 Å². The lowest BCUT2D eigenvalue weighted by atomic mass is 10.2. The van der Waals surface area contributed by atoms with Crippen molar-refractivity contribution in [1.82, 2.24) is 20.2 Å². The van der Waals surface area contributed by atoms with Crippen LogP contribution in [0.4, 0.5) is 0 Å². The SMILES string of the molecule is Cc1[nH]nc(CNC2CC2)c1S(=O)(=O)NC1CCOC1C. The van der Waals surface area contributed by atoms with E-state index in [1.165, 1.54) is 0 Å². The van der Waals surface area contributed by atoms with E-state index in [0.29, 0.717) is 37.0 Å². The van der Waals surface area contributed by atoms with Crippen LogP contribution in [-0.2, 0) is 21.3 Å². The molecule has 0 amide bonds. The Balaban J connectivity index is 1.78. The minimum Gasteiger partial charge on any atom is -0.377 e. The van der Waals surface area contributed by atoms with E-state index in [1.54, 1.807) is 6.92 Å². The minimum atomic E-state index is -3.59. The number of nitrogens with one attached hydrogen (secondary N) is 3. The molecule has 1 aliphatic carbocycles. The summed E-state index contributed by atoms with van der Waals surface area (Å²) >= 11 is 0. The van der Waals surface area contributed by atoms with Crippen LogP contribution in [0.3, 0.4) is 0 Å². The van der Waals surface area contributed by atoms with Gasteiger partial charge in [0.25, 0.3) is 0 Å².